The lowest BCUT2D eigenvalue weighted by Gasteiger charge is -2.00. The van der Waals surface area contributed by atoms with Crippen molar-refractivity contribution >= 4 is 28.4 Å². The summed E-state index contributed by atoms with van der Waals surface area (Å²) in [5, 5.41) is 13.3. The molecular weight excluding hydrogens is 234 g/mol. The van der Waals surface area contributed by atoms with Gasteiger partial charge in [0.25, 0.3) is 5.70 Å². The van der Waals surface area contributed by atoms with Crippen molar-refractivity contribution in [3.8, 4) is 0 Å². The number of esters is 2. The number of hydrogen-bond acceptors (Lipinski definition) is 4. The molecule has 5 heteroatoms. The van der Waals surface area contributed by atoms with Crippen molar-refractivity contribution in [1.29, 1.82) is 0 Å². The number of rotatable bonds is 1. The van der Waals surface area contributed by atoms with E-state index in [1.54, 1.807) is 18.5 Å². The third-order valence-corrected chi connectivity index (χ3v) is 2.73. The molecule has 1 aromatic carbocycles. The summed E-state index contributed by atoms with van der Waals surface area (Å²) in [4.78, 5) is 22.4. The Labute approximate surface area is 102 Å². The highest BCUT2D eigenvalue weighted by molar-refractivity contribution is 6.22. The largest absolute Gasteiger partial charge is 0.863 e. The van der Waals surface area contributed by atoms with Crippen molar-refractivity contribution in [3.63, 3.8) is 0 Å². The van der Waals surface area contributed by atoms with Gasteiger partial charge in [-0.05, 0) is 11.5 Å². The Morgan fingerprint density at radius 3 is 2.39 bits per heavy atom. The highest BCUT2D eigenvalue weighted by atomic mass is 16.6. The van der Waals surface area contributed by atoms with Crippen LogP contribution < -0.4 is 9.67 Å². The van der Waals surface area contributed by atoms with Crippen molar-refractivity contribution in [2.24, 2.45) is 0 Å². The maximum Gasteiger partial charge on any atom is 0.411 e. The van der Waals surface area contributed by atoms with Gasteiger partial charge in [0, 0.05) is 11.5 Å². The fourth-order valence-corrected chi connectivity index (χ4v) is 1.86. The summed E-state index contributed by atoms with van der Waals surface area (Å²) < 4.78 is 5.58. The predicted molar refractivity (Wildman–Crippen MR) is 58.5 cm³/mol. The van der Waals surface area contributed by atoms with Gasteiger partial charge in [-0.3, -0.25) is 0 Å². The normalized spacial score (nSPS) is 15.3. The van der Waals surface area contributed by atoms with Crippen molar-refractivity contribution in [3.05, 3.63) is 48.5 Å². The second-order valence-corrected chi connectivity index (χ2v) is 3.84. The first-order chi connectivity index (χ1) is 8.66. The molecule has 1 aliphatic rings. The van der Waals surface area contributed by atoms with E-state index in [1.807, 2.05) is 24.3 Å². The predicted octanol–water partition coefficient (Wildman–Crippen LogP) is -0.260. The molecule has 3 rings (SSSR count). The Bertz CT molecular complexity index is 718. The van der Waals surface area contributed by atoms with Gasteiger partial charge in [-0.1, -0.05) is 18.2 Å². The van der Waals surface area contributed by atoms with Gasteiger partial charge in [-0.25, -0.2) is 9.59 Å². The average molecular weight is 241 g/mol. The smallest absolute Gasteiger partial charge is 0.411 e. The van der Waals surface area contributed by atoms with Gasteiger partial charge in [0.15, 0.2) is 12.4 Å². The number of pyridine rings is 1. The molecule has 0 saturated carbocycles. The number of ether oxygens (including phenoxy) is 1. The van der Waals surface area contributed by atoms with Crippen LogP contribution in [0.2, 0.25) is 0 Å². The minimum atomic E-state index is -1.13. The molecule has 18 heavy (non-hydrogen) atoms. The van der Waals surface area contributed by atoms with E-state index in [2.05, 4.69) is 4.74 Å². The third-order valence-electron chi connectivity index (χ3n) is 2.73. The van der Waals surface area contributed by atoms with E-state index in [1.165, 1.54) is 4.57 Å². The zero-order valence-electron chi connectivity index (χ0n) is 9.12. The third kappa shape index (κ3) is 1.45. The molecule has 2 heterocycles. The van der Waals surface area contributed by atoms with Crippen LogP contribution in [0.5, 0.6) is 0 Å². The van der Waals surface area contributed by atoms with Gasteiger partial charge in [-0.2, -0.15) is 4.57 Å². The van der Waals surface area contributed by atoms with Gasteiger partial charge in [-0.15, -0.1) is 0 Å². The summed E-state index contributed by atoms with van der Waals surface area (Å²) in [5.74, 6) is -2.96. The number of fused-ring (bicyclic) bond motifs is 1. The molecule has 0 fully saturated rings. The molecule has 1 aromatic heterocycles. The minimum absolute atomic E-state index is 0.272. The molecule has 88 valence electrons. The summed E-state index contributed by atoms with van der Waals surface area (Å²) >= 11 is 0. The molecule has 1 aliphatic heterocycles. The van der Waals surface area contributed by atoms with Crippen LogP contribution in [0.25, 0.3) is 16.5 Å². The van der Waals surface area contributed by atoms with Gasteiger partial charge in [0.05, 0.1) is 5.76 Å². The SMILES string of the molecule is O=C1OC(=O)C([n+]2ccc3ccccc3c2)=C1[O-]. The maximum atomic E-state index is 11.5. The average Bonchev–Trinajstić information content (AvgIpc) is 2.63. The Hall–Kier alpha value is -2.69. The summed E-state index contributed by atoms with van der Waals surface area (Å²) in [6, 6.07) is 9.24. The van der Waals surface area contributed by atoms with Crippen LogP contribution in [-0.2, 0) is 14.3 Å². The molecule has 5 nitrogen and oxygen atoms in total. The van der Waals surface area contributed by atoms with Gasteiger partial charge in [0.2, 0.25) is 0 Å². The zero-order chi connectivity index (χ0) is 12.7. The molecule has 0 bridgehead atoms. The maximum absolute atomic E-state index is 11.5. The quantitative estimate of drug-likeness (QED) is 0.392. The van der Waals surface area contributed by atoms with Gasteiger partial charge >= 0.3 is 11.9 Å². The topological polar surface area (TPSA) is 70.3 Å². The second-order valence-electron chi connectivity index (χ2n) is 3.84. The molecule has 0 unspecified atom stereocenters. The molecule has 2 aromatic rings. The first kappa shape index (κ1) is 10.5. The second kappa shape index (κ2) is 3.66. The number of carbonyl (C=O) groups is 2. The number of nitrogens with zero attached hydrogens (tertiary/aromatic N) is 1. The molecule has 0 amide bonds. The summed E-state index contributed by atoms with van der Waals surface area (Å²) in [7, 11) is 0. The molecule has 0 atom stereocenters. The summed E-state index contributed by atoms with van der Waals surface area (Å²) in [5.41, 5.74) is -0.272. The van der Waals surface area contributed by atoms with Gasteiger partial charge < -0.3 is 9.84 Å². The van der Waals surface area contributed by atoms with Crippen LogP contribution in [0.15, 0.2) is 48.5 Å². The molecule has 0 saturated heterocycles. The van der Waals surface area contributed by atoms with E-state index in [0.717, 1.165) is 10.8 Å². The van der Waals surface area contributed by atoms with E-state index in [-0.39, 0.29) is 5.70 Å². The number of cyclic esters (lactones) is 2. The number of hydrogen-bond donors (Lipinski definition) is 0. The van der Waals surface area contributed by atoms with E-state index in [9.17, 15) is 14.7 Å². The molecule has 0 N–H and O–H groups in total. The molecule has 0 aliphatic carbocycles. The fourth-order valence-electron chi connectivity index (χ4n) is 1.86. The summed E-state index contributed by atoms with van der Waals surface area (Å²) in [6.45, 7) is 0. The Kier molecular flexibility index (Phi) is 2.13. The van der Waals surface area contributed by atoms with Gasteiger partial charge in [0.1, 0.15) is 0 Å². The van der Waals surface area contributed by atoms with Crippen LogP contribution in [0.4, 0.5) is 0 Å². The monoisotopic (exact) mass is 241 g/mol. The van der Waals surface area contributed by atoms with Crippen LogP contribution in [-0.4, -0.2) is 11.9 Å². The zero-order valence-corrected chi connectivity index (χ0v) is 9.12. The fraction of sp³-hybridized carbons (Fsp3) is 0. The first-order valence-electron chi connectivity index (χ1n) is 5.25. The lowest BCUT2D eigenvalue weighted by molar-refractivity contribution is -0.580. The van der Waals surface area contributed by atoms with Crippen LogP contribution in [0.1, 0.15) is 0 Å². The van der Waals surface area contributed by atoms with Crippen molar-refractivity contribution in [2.75, 3.05) is 0 Å². The van der Waals surface area contributed by atoms with Crippen molar-refractivity contribution in [2.45, 2.75) is 0 Å². The first-order valence-corrected chi connectivity index (χ1v) is 5.25. The van der Waals surface area contributed by atoms with E-state index in [0.29, 0.717) is 0 Å². The molecule has 0 spiro atoms. The number of benzene rings is 1. The molecular formula is C13H7NO4. The highest BCUT2D eigenvalue weighted by Crippen LogP contribution is 2.15. The standard InChI is InChI=1S/C13H7NO4/c15-11-10(12(16)18-13(11)17)14-6-5-8-3-1-2-4-9(8)7-14/h1-7H. The molecule has 0 radical (unpaired) electrons. The van der Waals surface area contributed by atoms with Crippen LogP contribution in [0, 0.1) is 0 Å². The Morgan fingerprint density at radius 1 is 1.00 bits per heavy atom. The number of carbonyl (C=O) groups excluding carboxylic acids is 2. The van der Waals surface area contributed by atoms with Crippen molar-refractivity contribution < 1.29 is 24.0 Å². The van der Waals surface area contributed by atoms with Crippen LogP contribution in [0.3, 0.4) is 0 Å². The summed E-state index contributed by atoms with van der Waals surface area (Å²) in [6.07, 6.45) is 3.16. The van der Waals surface area contributed by atoms with Crippen molar-refractivity contribution in [1.82, 2.24) is 0 Å². The lowest BCUT2D eigenvalue weighted by Crippen LogP contribution is -2.36. The lowest BCUT2D eigenvalue weighted by atomic mass is 10.2. The van der Waals surface area contributed by atoms with E-state index < -0.39 is 17.7 Å². The van der Waals surface area contributed by atoms with E-state index in [4.69, 9.17) is 0 Å². The Morgan fingerprint density at radius 2 is 1.72 bits per heavy atom. The highest BCUT2D eigenvalue weighted by Gasteiger charge is 2.35. The minimum Gasteiger partial charge on any atom is -0.863 e. The Balaban J connectivity index is 2.21. The van der Waals surface area contributed by atoms with Crippen LogP contribution >= 0.6 is 0 Å². The van der Waals surface area contributed by atoms with E-state index >= 15 is 0 Å². The number of aromatic nitrogens is 1.